The summed E-state index contributed by atoms with van der Waals surface area (Å²) in [7, 11) is 0. The topological polar surface area (TPSA) is 49.1 Å². The molecule has 0 radical (unpaired) electrons. The summed E-state index contributed by atoms with van der Waals surface area (Å²) in [4.78, 5) is 13.2. The Bertz CT molecular complexity index is 1110. The van der Waals surface area contributed by atoms with Gasteiger partial charge in [-0.15, -0.1) is 0 Å². The predicted molar refractivity (Wildman–Crippen MR) is 135 cm³/mol. The smallest absolute Gasteiger partial charge is 0.0717 e. The molecule has 3 rings (SSSR count). The molecule has 1 N–H and O–H groups in total. The van der Waals surface area contributed by atoms with Crippen molar-refractivity contribution in [2.24, 2.45) is 15.0 Å². The Hall–Kier alpha value is -4.31. The monoisotopic (exact) mass is 404 g/mol. The Morgan fingerprint density at radius 2 is 1.16 bits per heavy atom. The minimum Gasteiger partial charge on any atom is -0.361 e. The average molecular weight is 405 g/mol. The molecule has 1 aliphatic heterocycles. The van der Waals surface area contributed by atoms with E-state index in [2.05, 4.69) is 20.3 Å². The van der Waals surface area contributed by atoms with E-state index >= 15 is 0 Å². The van der Waals surface area contributed by atoms with Crippen molar-refractivity contribution < 1.29 is 0 Å². The van der Waals surface area contributed by atoms with Crippen LogP contribution in [0.25, 0.3) is 0 Å². The maximum Gasteiger partial charge on any atom is 0.0717 e. The Morgan fingerprint density at radius 1 is 0.548 bits per heavy atom. The van der Waals surface area contributed by atoms with E-state index in [4.69, 9.17) is 0 Å². The number of aliphatic imine (C=N–C) groups is 3. The fourth-order valence-corrected chi connectivity index (χ4v) is 2.59. The molecule has 1 aliphatic rings. The van der Waals surface area contributed by atoms with Crippen molar-refractivity contribution in [1.82, 2.24) is 0 Å². The zero-order valence-electron chi connectivity index (χ0n) is 17.1. The summed E-state index contributed by atoms with van der Waals surface area (Å²) in [5, 5.41) is 3.28. The molecule has 0 saturated carbocycles. The Labute approximate surface area is 183 Å². The number of allylic oxidation sites excluding steroid dienone is 9. The number of nitrogens with one attached hydrogen (secondary N) is 1. The van der Waals surface area contributed by atoms with Crippen molar-refractivity contribution in [2.75, 3.05) is 5.32 Å². The zero-order valence-corrected chi connectivity index (χ0v) is 17.1. The molecule has 0 aliphatic carbocycles. The molecule has 0 amide bonds. The summed E-state index contributed by atoms with van der Waals surface area (Å²) >= 11 is 0. The summed E-state index contributed by atoms with van der Waals surface area (Å²) in [6.45, 7) is 0. The molecule has 152 valence electrons. The van der Waals surface area contributed by atoms with Crippen molar-refractivity contribution in [3.63, 3.8) is 0 Å². The van der Waals surface area contributed by atoms with Gasteiger partial charge in [-0.25, -0.2) is 0 Å². The van der Waals surface area contributed by atoms with Crippen LogP contribution < -0.4 is 5.32 Å². The third-order valence-corrected chi connectivity index (χ3v) is 4.08. The number of benzene rings is 2. The molecule has 1 heterocycles. The van der Waals surface area contributed by atoms with Gasteiger partial charge in [0.15, 0.2) is 0 Å². The van der Waals surface area contributed by atoms with Crippen molar-refractivity contribution in [1.29, 1.82) is 0 Å². The highest BCUT2D eigenvalue weighted by atomic mass is 14.8. The van der Waals surface area contributed by atoms with Gasteiger partial charge in [-0.1, -0.05) is 66.8 Å². The van der Waals surface area contributed by atoms with Crippen LogP contribution >= 0.6 is 0 Å². The summed E-state index contributed by atoms with van der Waals surface area (Å²) in [5.74, 6) is 0. The fourth-order valence-electron chi connectivity index (χ4n) is 2.59. The SMILES string of the molecule is C1=CC=CNc2ccccc2C=NC=CC=C/C=C\N=Cc2ccccc2N=CC=C1. The van der Waals surface area contributed by atoms with E-state index in [0.717, 1.165) is 22.5 Å². The van der Waals surface area contributed by atoms with Gasteiger partial charge in [-0.3, -0.25) is 15.0 Å². The maximum absolute atomic E-state index is 4.51. The Kier molecular flexibility index (Phi) is 8.98. The first-order valence-electron chi connectivity index (χ1n) is 9.95. The fraction of sp³-hybridized carbons (Fsp3) is 0. The average Bonchev–Trinajstić information content (AvgIpc) is 2.80. The summed E-state index contributed by atoms with van der Waals surface area (Å²) in [6.07, 6.45) is 28.0. The van der Waals surface area contributed by atoms with E-state index in [0.29, 0.717) is 0 Å². The molecule has 2 aromatic rings. The van der Waals surface area contributed by atoms with Crippen molar-refractivity contribution >= 4 is 30.0 Å². The number of para-hydroxylation sites is 2. The van der Waals surface area contributed by atoms with Crippen LogP contribution in [0, 0.1) is 0 Å². The summed E-state index contributed by atoms with van der Waals surface area (Å²) in [5.41, 5.74) is 3.82. The molecule has 0 saturated heterocycles. The van der Waals surface area contributed by atoms with Crippen LogP contribution in [-0.4, -0.2) is 18.6 Å². The van der Waals surface area contributed by atoms with Crippen molar-refractivity contribution in [2.45, 2.75) is 0 Å². The zero-order chi connectivity index (χ0) is 21.4. The molecule has 0 atom stereocenters. The number of rotatable bonds is 0. The normalized spacial score (nSPS) is 15.2. The van der Waals surface area contributed by atoms with Gasteiger partial charge in [0.05, 0.1) is 5.69 Å². The molecule has 0 aromatic heterocycles. The van der Waals surface area contributed by atoms with Crippen molar-refractivity contribution in [3.05, 3.63) is 133 Å². The highest BCUT2D eigenvalue weighted by molar-refractivity contribution is 5.89. The van der Waals surface area contributed by atoms with Crippen molar-refractivity contribution in [3.8, 4) is 0 Å². The first-order chi connectivity index (χ1) is 15.4. The van der Waals surface area contributed by atoms with Crippen LogP contribution in [0.4, 0.5) is 11.4 Å². The molecule has 0 bridgehead atoms. The van der Waals surface area contributed by atoms with Gasteiger partial charge in [0.1, 0.15) is 0 Å². The van der Waals surface area contributed by atoms with Crippen LogP contribution in [0.15, 0.2) is 137 Å². The van der Waals surface area contributed by atoms with E-state index < -0.39 is 0 Å². The standard InChI is InChI=1S/C27H24N4/c1-2-12-20-30-26-16-8-6-14-24(26)22-28-18-10-4-5-11-19-29-23-25-15-7-9-17-27(25)31-21-13-3-1/h1-23,30H/b2-1?,5-4?,13-3?,18-10?,19-11-,20-12?,28-22?,29-23?,31-21?. The Balaban J connectivity index is 1.80. The van der Waals surface area contributed by atoms with Crippen LogP contribution in [0.1, 0.15) is 11.1 Å². The first kappa shape index (κ1) is 21.4. The predicted octanol–water partition coefficient (Wildman–Crippen LogP) is 6.56. The Morgan fingerprint density at radius 3 is 2.00 bits per heavy atom. The lowest BCUT2D eigenvalue weighted by molar-refractivity contribution is 1.50. The summed E-state index contributed by atoms with van der Waals surface area (Å²) < 4.78 is 0. The maximum atomic E-state index is 4.51. The van der Waals surface area contributed by atoms with Crippen LogP contribution in [0.2, 0.25) is 0 Å². The van der Waals surface area contributed by atoms with Gasteiger partial charge < -0.3 is 5.32 Å². The lowest BCUT2D eigenvalue weighted by atomic mass is 10.2. The van der Waals surface area contributed by atoms with E-state index in [9.17, 15) is 0 Å². The van der Waals surface area contributed by atoms with E-state index in [1.54, 1.807) is 24.8 Å². The highest BCUT2D eigenvalue weighted by Crippen LogP contribution is 2.16. The van der Waals surface area contributed by atoms with Gasteiger partial charge in [-0.2, -0.15) is 0 Å². The molecular formula is C27H24N4. The van der Waals surface area contributed by atoms with Gasteiger partial charge in [0, 0.05) is 54.1 Å². The quantitative estimate of drug-likeness (QED) is 0.531. The van der Waals surface area contributed by atoms with Gasteiger partial charge >= 0.3 is 0 Å². The van der Waals surface area contributed by atoms with E-state index in [1.165, 1.54) is 0 Å². The minimum atomic E-state index is 0.866. The molecule has 2 aromatic carbocycles. The second-order valence-corrected chi connectivity index (χ2v) is 6.32. The van der Waals surface area contributed by atoms with Gasteiger partial charge in [0.2, 0.25) is 0 Å². The number of fused-ring (bicyclic) bond motifs is 2. The molecule has 31 heavy (non-hydrogen) atoms. The molecule has 0 spiro atoms. The molecule has 0 unspecified atom stereocenters. The second kappa shape index (κ2) is 13.0. The minimum absolute atomic E-state index is 0.866. The third kappa shape index (κ3) is 7.91. The second-order valence-electron chi connectivity index (χ2n) is 6.32. The number of anilines is 1. The van der Waals surface area contributed by atoms with Crippen LogP contribution in [0.3, 0.4) is 0 Å². The highest BCUT2D eigenvalue weighted by Gasteiger charge is 1.95. The third-order valence-electron chi connectivity index (χ3n) is 4.08. The largest absolute Gasteiger partial charge is 0.361 e. The van der Waals surface area contributed by atoms with Crippen LogP contribution in [-0.2, 0) is 0 Å². The molecule has 4 heteroatoms. The van der Waals surface area contributed by atoms with Gasteiger partial charge in [0.25, 0.3) is 0 Å². The summed E-state index contributed by atoms with van der Waals surface area (Å²) in [6, 6.07) is 15.9. The van der Waals surface area contributed by atoms with E-state index in [1.807, 2.05) is 116 Å². The number of hydrogen-bond acceptors (Lipinski definition) is 4. The molecular weight excluding hydrogens is 380 g/mol. The number of hydrogen-bond donors (Lipinski definition) is 1. The van der Waals surface area contributed by atoms with Crippen LogP contribution in [0.5, 0.6) is 0 Å². The van der Waals surface area contributed by atoms with Gasteiger partial charge in [-0.05, 0) is 36.4 Å². The van der Waals surface area contributed by atoms with E-state index in [-0.39, 0.29) is 0 Å². The lowest BCUT2D eigenvalue weighted by Crippen LogP contribution is -1.92. The molecule has 0 fully saturated rings. The first-order valence-corrected chi connectivity index (χ1v) is 9.95. The number of nitrogens with zero attached hydrogens (tertiary/aromatic N) is 3. The lowest BCUT2D eigenvalue weighted by Gasteiger charge is -2.03. The molecule has 4 nitrogen and oxygen atoms in total.